The van der Waals surface area contributed by atoms with Gasteiger partial charge in [-0.1, -0.05) is 43.7 Å². The molecule has 2 heteroatoms. The highest BCUT2D eigenvalue weighted by Gasteiger charge is 2.35. The van der Waals surface area contributed by atoms with Crippen molar-refractivity contribution in [3.8, 4) is 0 Å². The summed E-state index contributed by atoms with van der Waals surface area (Å²) in [5.74, 6) is 0. The van der Waals surface area contributed by atoms with Gasteiger partial charge in [0.15, 0.2) is 0 Å². The fourth-order valence-electron chi connectivity index (χ4n) is 2.96. The fourth-order valence-corrected chi connectivity index (χ4v) is 2.96. The number of aryl methyl sites for hydroxylation is 1. The molecule has 0 radical (unpaired) electrons. The summed E-state index contributed by atoms with van der Waals surface area (Å²) in [5.41, 5.74) is 2.64. The van der Waals surface area contributed by atoms with Gasteiger partial charge in [-0.15, -0.1) is 0 Å². The van der Waals surface area contributed by atoms with Crippen molar-refractivity contribution in [3.63, 3.8) is 0 Å². The molecule has 0 saturated carbocycles. The first-order valence-electron chi connectivity index (χ1n) is 7.48. The van der Waals surface area contributed by atoms with Gasteiger partial charge >= 0.3 is 0 Å². The lowest BCUT2D eigenvalue weighted by Crippen LogP contribution is -2.52. The number of likely N-dealkylation sites (N-methyl/N-ethyl adjacent to an activating group) is 1. The Balaban J connectivity index is 2.91. The minimum atomic E-state index is -0.0623. The van der Waals surface area contributed by atoms with Gasteiger partial charge in [0.1, 0.15) is 0 Å². The lowest BCUT2D eigenvalue weighted by atomic mass is 9.84. The van der Waals surface area contributed by atoms with Gasteiger partial charge in [-0.3, -0.25) is 0 Å². The highest BCUT2D eigenvalue weighted by Crippen LogP contribution is 2.27. The number of benzene rings is 1. The third kappa shape index (κ3) is 4.05. The van der Waals surface area contributed by atoms with Crippen LogP contribution in [0.2, 0.25) is 0 Å². The molecule has 1 rings (SSSR count). The van der Waals surface area contributed by atoms with Gasteiger partial charge in [0, 0.05) is 12.6 Å². The van der Waals surface area contributed by atoms with Gasteiger partial charge in [-0.05, 0) is 45.7 Å². The Morgan fingerprint density at radius 1 is 1.21 bits per heavy atom. The highest BCUT2D eigenvalue weighted by molar-refractivity contribution is 5.23. The molecule has 108 valence electrons. The molecule has 0 aliphatic heterocycles. The summed E-state index contributed by atoms with van der Waals surface area (Å²) in [7, 11) is 2.04. The molecule has 0 amide bonds. The number of ether oxygens (including phenoxy) is 1. The third-order valence-corrected chi connectivity index (χ3v) is 4.13. The van der Waals surface area contributed by atoms with Crippen LogP contribution in [0, 0.1) is 6.92 Å². The smallest absolute Gasteiger partial charge is 0.0832 e. The van der Waals surface area contributed by atoms with E-state index < -0.39 is 0 Å². The van der Waals surface area contributed by atoms with Gasteiger partial charge in [0.05, 0.1) is 5.60 Å². The molecule has 1 unspecified atom stereocenters. The molecule has 2 nitrogen and oxygen atoms in total. The molecule has 0 aromatic heterocycles. The molecule has 0 aliphatic rings. The van der Waals surface area contributed by atoms with Gasteiger partial charge in [-0.2, -0.15) is 0 Å². The minimum Gasteiger partial charge on any atom is -0.374 e. The molecule has 0 bridgehead atoms. The standard InChI is InChI=1S/C17H29NO/c1-6-17(7-2,19-8-3)16(18-5)13-15-11-9-10-14(4)12-15/h9-12,16,18H,6-8,13H2,1-5H3. The lowest BCUT2D eigenvalue weighted by molar-refractivity contribution is -0.0703. The average molecular weight is 263 g/mol. The van der Waals surface area contributed by atoms with E-state index >= 15 is 0 Å². The summed E-state index contributed by atoms with van der Waals surface area (Å²) in [6.45, 7) is 9.44. The predicted octanol–water partition coefficient (Wildman–Crippen LogP) is 3.72. The fraction of sp³-hybridized carbons (Fsp3) is 0.647. The van der Waals surface area contributed by atoms with Gasteiger partial charge in [0.2, 0.25) is 0 Å². The molecule has 1 aromatic carbocycles. The number of rotatable bonds is 8. The van der Waals surface area contributed by atoms with E-state index in [1.807, 2.05) is 7.05 Å². The molecular weight excluding hydrogens is 234 g/mol. The second-order valence-corrected chi connectivity index (χ2v) is 5.24. The summed E-state index contributed by atoms with van der Waals surface area (Å²) in [6, 6.07) is 9.11. The Bertz CT molecular complexity index is 371. The third-order valence-electron chi connectivity index (χ3n) is 4.13. The van der Waals surface area contributed by atoms with Crippen LogP contribution in [-0.4, -0.2) is 25.3 Å². The Morgan fingerprint density at radius 3 is 2.37 bits per heavy atom. The van der Waals surface area contributed by atoms with Crippen LogP contribution >= 0.6 is 0 Å². The molecule has 19 heavy (non-hydrogen) atoms. The van der Waals surface area contributed by atoms with Crippen molar-refractivity contribution in [2.75, 3.05) is 13.7 Å². The van der Waals surface area contributed by atoms with Crippen LogP contribution < -0.4 is 5.32 Å². The van der Waals surface area contributed by atoms with Crippen molar-refractivity contribution >= 4 is 0 Å². The van der Waals surface area contributed by atoms with Gasteiger partial charge in [-0.25, -0.2) is 0 Å². The Morgan fingerprint density at radius 2 is 1.89 bits per heavy atom. The van der Waals surface area contributed by atoms with Crippen LogP contribution in [0.1, 0.15) is 44.7 Å². The maximum absolute atomic E-state index is 6.12. The summed E-state index contributed by atoms with van der Waals surface area (Å²) in [4.78, 5) is 0. The Labute approximate surface area is 118 Å². The summed E-state index contributed by atoms with van der Waals surface area (Å²) < 4.78 is 6.12. The van der Waals surface area contributed by atoms with E-state index in [0.717, 1.165) is 25.9 Å². The van der Waals surface area contributed by atoms with E-state index in [1.165, 1.54) is 11.1 Å². The van der Waals surface area contributed by atoms with Gasteiger partial charge < -0.3 is 10.1 Å². The van der Waals surface area contributed by atoms with Crippen molar-refractivity contribution in [3.05, 3.63) is 35.4 Å². The molecule has 0 aliphatic carbocycles. The van der Waals surface area contributed by atoms with Crippen LogP contribution in [0.3, 0.4) is 0 Å². The summed E-state index contributed by atoms with van der Waals surface area (Å²) in [6.07, 6.45) is 3.09. The maximum atomic E-state index is 6.12. The summed E-state index contributed by atoms with van der Waals surface area (Å²) in [5, 5.41) is 3.47. The molecule has 0 spiro atoms. The number of hydrogen-bond donors (Lipinski definition) is 1. The topological polar surface area (TPSA) is 21.3 Å². The van der Waals surface area contributed by atoms with E-state index in [2.05, 4.69) is 57.3 Å². The number of hydrogen-bond acceptors (Lipinski definition) is 2. The van der Waals surface area contributed by atoms with Crippen molar-refractivity contribution in [1.82, 2.24) is 5.32 Å². The van der Waals surface area contributed by atoms with Crippen LogP contribution in [-0.2, 0) is 11.2 Å². The SMILES string of the molecule is CCOC(CC)(CC)C(Cc1cccc(C)c1)NC. The molecule has 0 fully saturated rings. The van der Waals surface area contributed by atoms with E-state index in [1.54, 1.807) is 0 Å². The van der Waals surface area contributed by atoms with E-state index in [9.17, 15) is 0 Å². The predicted molar refractivity (Wildman–Crippen MR) is 82.7 cm³/mol. The highest BCUT2D eigenvalue weighted by atomic mass is 16.5. The van der Waals surface area contributed by atoms with Crippen molar-refractivity contribution in [2.24, 2.45) is 0 Å². The quantitative estimate of drug-likeness (QED) is 0.772. The van der Waals surface area contributed by atoms with Crippen molar-refractivity contribution < 1.29 is 4.74 Å². The second kappa shape index (κ2) is 7.66. The Kier molecular flexibility index (Phi) is 6.53. The number of nitrogens with one attached hydrogen (secondary N) is 1. The molecule has 1 aromatic rings. The normalized spacial score (nSPS) is 13.5. The Hall–Kier alpha value is -0.860. The first-order chi connectivity index (χ1) is 9.11. The largest absolute Gasteiger partial charge is 0.374 e. The van der Waals surface area contributed by atoms with Crippen molar-refractivity contribution in [2.45, 2.75) is 58.6 Å². The van der Waals surface area contributed by atoms with E-state index in [0.29, 0.717) is 6.04 Å². The molecule has 1 atom stereocenters. The van der Waals surface area contributed by atoms with Crippen LogP contribution in [0.25, 0.3) is 0 Å². The first-order valence-corrected chi connectivity index (χ1v) is 7.48. The maximum Gasteiger partial charge on any atom is 0.0832 e. The van der Waals surface area contributed by atoms with Crippen LogP contribution in [0.5, 0.6) is 0 Å². The monoisotopic (exact) mass is 263 g/mol. The second-order valence-electron chi connectivity index (χ2n) is 5.24. The summed E-state index contributed by atoms with van der Waals surface area (Å²) >= 11 is 0. The lowest BCUT2D eigenvalue weighted by Gasteiger charge is -2.39. The van der Waals surface area contributed by atoms with E-state index in [4.69, 9.17) is 4.74 Å². The van der Waals surface area contributed by atoms with Crippen LogP contribution in [0.4, 0.5) is 0 Å². The zero-order valence-corrected chi connectivity index (χ0v) is 13.1. The zero-order valence-electron chi connectivity index (χ0n) is 13.1. The average Bonchev–Trinajstić information content (AvgIpc) is 2.43. The zero-order chi connectivity index (χ0) is 14.3. The van der Waals surface area contributed by atoms with E-state index in [-0.39, 0.29) is 5.60 Å². The molecule has 0 saturated heterocycles. The van der Waals surface area contributed by atoms with Crippen LogP contribution in [0.15, 0.2) is 24.3 Å². The van der Waals surface area contributed by atoms with Crippen molar-refractivity contribution in [1.29, 1.82) is 0 Å². The van der Waals surface area contributed by atoms with Gasteiger partial charge in [0.25, 0.3) is 0 Å². The molecular formula is C17H29NO. The first kappa shape index (κ1) is 16.2. The minimum absolute atomic E-state index is 0.0623. The molecule has 0 heterocycles. The molecule has 1 N–H and O–H groups in total.